The molecule has 0 radical (unpaired) electrons. The SMILES string of the molecule is Cc1nn(Cc2ccccc2)c(C)c1C(=O)NCC1(C)COC1. The Kier molecular flexibility index (Phi) is 4.22. The van der Waals surface area contributed by atoms with Gasteiger partial charge in [-0.25, -0.2) is 0 Å². The smallest absolute Gasteiger partial charge is 0.255 e. The van der Waals surface area contributed by atoms with Crippen molar-refractivity contribution in [3.05, 3.63) is 52.8 Å². The molecule has 23 heavy (non-hydrogen) atoms. The lowest BCUT2D eigenvalue weighted by Crippen LogP contribution is -2.48. The summed E-state index contributed by atoms with van der Waals surface area (Å²) in [6.07, 6.45) is 0. The molecule has 1 amide bonds. The number of aryl methyl sites for hydroxylation is 1. The first kappa shape index (κ1) is 15.7. The van der Waals surface area contributed by atoms with Gasteiger partial charge in [-0.1, -0.05) is 37.3 Å². The Labute approximate surface area is 136 Å². The number of benzene rings is 1. The topological polar surface area (TPSA) is 56.2 Å². The first-order valence-electron chi connectivity index (χ1n) is 7.92. The summed E-state index contributed by atoms with van der Waals surface area (Å²) in [5, 5.41) is 7.56. The molecule has 1 saturated heterocycles. The maximum Gasteiger partial charge on any atom is 0.255 e. The Morgan fingerprint density at radius 2 is 2.00 bits per heavy atom. The van der Waals surface area contributed by atoms with Gasteiger partial charge in [0.15, 0.2) is 0 Å². The number of nitrogens with zero attached hydrogens (tertiary/aromatic N) is 2. The Morgan fingerprint density at radius 3 is 2.61 bits per heavy atom. The second kappa shape index (κ2) is 6.16. The van der Waals surface area contributed by atoms with E-state index in [4.69, 9.17) is 4.74 Å². The summed E-state index contributed by atoms with van der Waals surface area (Å²) in [6, 6.07) is 10.1. The van der Waals surface area contributed by atoms with E-state index in [0.29, 0.717) is 31.9 Å². The molecule has 5 heteroatoms. The zero-order valence-corrected chi connectivity index (χ0v) is 13.9. The van der Waals surface area contributed by atoms with Crippen LogP contribution in [0.15, 0.2) is 30.3 Å². The van der Waals surface area contributed by atoms with E-state index in [2.05, 4.69) is 29.5 Å². The molecule has 0 saturated carbocycles. The number of amides is 1. The molecule has 1 aromatic heterocycles. The van der Waals surface area contributed by atoms with Crippen LogP contribution in [0.4, 0.5) is 0 Å². The number of hydrogen-bond donors (Lipinski definition) is 1. The third-order valence-corrected chi connectivity index (χ3v) is 4.36. The Hall–Kier alpha value is -2.14. The number of carbonyl (C=O) groups excluding carboxylic acids is 1. The van der Waals surface area contributed by atoms with E-state index < -0.39 is 0 Å². The molecule has 1 N–H and O–H groups in total. The quantitative estimate of drug-likeness (QED) is 0.921. The van der Waals surface area contributed by atoms with Gasteiger partial charge in [0.2, 0.25) is 0 Å². The average molecular weight is 313 g/mol. The van der Waals surface area contributed by atoms with Crippen molar-refractivity contribution in [2.45, 2.75) is 27.3 Å². The summed E-state index contributed by atoms with van der Waals surface area (Å²) in [6.45, 7) is 8.68. The second-order valence-electron chi connectivity index (χ2n) is 6.68. The van der Waals surface area contributed by atoms with Gasteiger partial charge in [0.25, 0.3) is 5.91 Å². The largest absolute Gasteiger partial charge is 0.380 e. The molecule has 122 valence electrons. The minimum absolute atomic E-state index is 0.0487. The first-order chi connectivity index (χ1) is 11.0. The van der Waals surface area contributed by atoms with Crippen LogP contribution in [0.1, 0.15) is 34.2 Å². The van der Waals surface area contributed by atoms with Gasteiger partial charge < -0.3 is 10.1 Å². The summed E-state index contributed by atoms with van der Waals surface area (Å²) in [5.41, 5.74) is 3.59. The minimum Gasteiger partial charge on any atom is -0.380 e. The first-order valence-corrected chi connectivity index (χ1v) is 7.92. The molecule has 1 aliphatic heterocycles. The highest BCUT2D eigenvalue weighted by Crippen LogP contribution is 2.25. The van der Waals surface area contributed by atoms with Gasteiger partial charge in [0.05, 0.1) is 31.0 Å². The van der Waals surface area contributed by atoms with Crippen LogP contribution >= 0.6 is 0 Å². The van der Waals surface area contributed by atoms with Crippen LogP contribution in [0.2, 0.25) is 0 Å². The standard InChI is InChI=1S/C18H23N3O2/c1-13-16(17(22)19-10-18(3)11-23-12-18)14(2)21(20-13)9-15-7-5-4-6-8-15/h4-8H,9-12H2,1-3H3,(H,19,22). The van der Waals surface area contributed by atoms with Gasteiger partial charge >= 0.3 is 0 Å². The van der Waals surface area contributed by atoms with E-state index in [9.17, 15) is 4.79 Å². The fourth-order valence-corrected chi connectivity index (χ4v) is 2.87. The minimum atomic E-state index is -0.0487. The van der Waals surface area contributed by atoms with Gasteiger partial charge in [-0.2, -0.15) is 5.10 Å². The molecule has 0 unspecified atom stereocenters. The summed E-state index contributed by atoms with van der Waals surface area (Å²) < 4.78 is 7.12. The molecule has 0 bridgehead atoms. The number of nitrogens with one attached hydrogen (secondary N) is 1. The van der Waals surface area contributed by atoms with E-state index in [1.807, 2.05) is 36.7 Å². The molecule has 1 fully saturated rings. The molecule has 0 spiro atoms. The van der Waals surface area contributed by atoms with Crippen LogP contribution in [0.5, 0.6) is 0 Å². The van der Waals surface area contributed by atoms with Crippen molar-refractivity contribution in [3.8, 4) is 0 Å². The molecule has 1 aliphatic rings. The van der Waals surface area contributed by atoms with Crippen molar-refractivity contribution in [2.24, 2.45) is 5.41 Å². The van der Waals surface area contributed by atoms with Gasteiger partial charge in [-0.3, -0.25) is 9.48 Å². The predicted molar refractivity (Wildman–Crippen MR) is 88.5 cm³/mol. The highest BCUT2D eigenvalue weighted by Gasteiger charge is 2.34. The summed E-state index contributed by atoms with van der Waals surface area (Å²) in [4.78, 5) is 12.5. The lowest BCUT2D eigenvalue weighted by atomic mass is 9.88. The third kappa shape index (κ3) is 3.29. The highest BCUT2D eigenvalue weighted by atomic mass is 16.5. The van der Waals surface area contributed by atoms with Gasteiger partial charge in [-0.05, 0) is 19.4 Å². The zero-order chi connectivity index (χ0) is 16.4. The van der Waals surface area contributed by atoms with Crippen LogP contribution in [0.3, 0.4) is 0 Å². The molecule has 3 rings (SSSR count). The van der Waals surface area contributed by atoms with Gasteiger partial charge in [-0.15, -0.1) is 0 Å². The van der Waals surface area contributed by atoms with E-state index in [1.165, 1.54) is 5.56 Å². The van der Waals surface area contributed by atoms with Crippen LogP contribution < -0.4 is 5.32 Å². The predicted octanol–water partition coefficient (Wildman–Crippen LogP) is 2.31. The maximum absolute atomic E-state index is 12.5. The van der Waals surface area contributed by atoms with E-state index in [1.54, 1.807) is 0 Å². The van der Waals surface area contributed by atoms with Crippen molar-refractivity contribution < 1.29 is 9.53 Å². The van der Waals surface area contributed by atoms with Crippen molar-refractivity contribution in [1.82, 2.24) is 15.1 Å². The molecule has 2 aromatic rings. The van der Waals surface area contributed by atoms with E-state index in [-0.39, 0.29) is 11.3 Å². The van der Waals surface area contributed by atoms with Crippen LogP contribution in [-0.2, 0) is 11.3 Å². The fourth-order valence-electron chi connectivity index (χ4n) is 2.87. The lowest BCUT2D eigenvalue weighted by Gasteiger charge is -2.38. The number of carbonyl (C=O) groups is 1. The van der Waals surface area contributed by atoms with Crippen molar-refractivity contribution in [2.75, 3.05) is 19.8 Å². The van der Waals surface area contributed by atoms with Crippen molar-refractivity contribution >= 4 is 5.91 Å². The molecule has 2 heterocycles. The summed E-state index contributed by atoms with van der Waals surface area (Å²) >= 11 is 0. The number of ether oxygens (including phenoxy) is 1. The maximum atomic E-state index is 12.5. The van der Waals surface area contributed by atoms with Crippen LogP contribution in [0.25, 0.3) is 0 Å². The fraction of sp³-hybridized carbons (Fsp3) is 0.444. The van der Waals surface area contributed by atoms with Crippen LogP contribution in [0, 0.1) is 19.3 Å². The number of rotatable bonds is 5. The molecular formula is C18H23N3O2. The Morgan fingerprint density at radius 1 is 1.30 bits per heavy atom. The van der Waals surface area contributed by atoms with Gasteiger partial charge in [0, 0.05) is 17.7 Å². The Balaban J connectivity index is 1.73. The molecule has 1 aromatic carbocycles. The van der Waals surface area contributed by atoms with Gasteiger partial charge in [0.1, 0.15) is 0 Å². The highest BCUT2D eigenvalue weighted by molar-refractivity contribution is 5.96. The van der Waals surface area contributed by atoms with E-state index in [0.717, 1.165) is 11.4 Å². The molecule has 0 atom stereocenters. The second-order valence-corrected chi connectivity index (χ2v) is 6.68. The Bertz CT molecular complexity index is 703. The average Bonchev–Trinajstić information content (AvgIpc) is 2.78. The third-order valence-electron chi connectivity index (χ3n) is 4.36. The normalized spacial score (nSPS) is 16.0. The molecular weight excluding hydrogens is 290 g/mol. The lowest BCUT2D eigenvalue weighted by molar-refractivity contribution is -0.0978. The van der Waals surface area contributed by atoms with Crippen LogP contribution in [-0.4, -0.2) is 35.4 Å². The van der Waals surface area contributed by atoms with Crippen molar-refractivity contribution in [1.29, 1.82) is 0 Å². The zero-order valence-electron chi connectivity index (χ0n) is 13.9. The number of aromatic nitrogens is 2. The number of hydrogen-bond acceptors (Lipinski definition) is 3. The molecule has 0 aliphatic carbocycles. The summed E-state index contributed by atoms with van der Waals surface area (Å²) in [7, 11) is 0. The monoisotopic (exact) mass is 313 g/mol. The van der Waals surface area contributed by atoms with E-state index >= 15 is 0 Å². The molecule has 5 nitrogen and oxygen atoms in total. The summed E-state index contributed by atoms with van der Waals surface area (Å²) in [5.74, 6) is -0.0487. The van der Waals surface area contributed by atoms with Crippen molar-refractivity contribution in [3.63, 3.8) is 0 Å².